The number of hydrogen-bond acceptors (Lipinski definition) is 7. The Morgan fingerprint density at radius 1 is 1.13 bits per heavy atom. The lowest BCUT2D eigenvalue weighted by Gasteiger charge is -2.30. The highest BCUT2D eigenvalue weighted by molar-refractivity contribution is 7.13. The van der Waals surface area contributed by atoms with Gasteiger partial charge in [0.2, 0.25) is 11.8 Å². The van der Waals surface area contributed by atoms with Crippen LogP contribution in [0.3, 0.4) is 0 Å². The largest absolute Gasteiger partial charge is 0.475 e. The summed E-state index contributed by atoms with van der Waals surface area (Å²) >= 11 is 7.36. The van der Waals surface area contributed by atoms with E-state index < -0.39 is 23.8 Å². The number of carbonyl (C=O) groups excluding carboxylic acids is 1. The minimum absolute atomic E-state index is 0.0740. The summed E-state index contributed by atoms with van der Waals surface area (Å²) in [5.41, 5.74) is 0.487. The standard InChI is InChI=1S/C23H16ClF6N5O2S/c24-15-5-12-9-35(20(36)23(28,29)30)3-1-11(12)6-16(15)33-21-32-8-14(22(25,26)27)18(34-21)17-7-13(10-38-17)19-31-2-4-37-19/h5-8,10H,1-4,9H2,(H,32,33,34). The van der Waals surface area contributed by atoms with Gasteiger partial charge in [0.1, 0.15) is 12.2 Å². The zero-order chi connectivity index (χ0) is 27.2. The number of fused-ring (bicyclic) bond motifs is 1. The molecule has 2 aliphatic rings. The molecule has 0 saturated heterocycles. The molecule has 0 radical (unpaired) electrons. The first-order valence-corrected chi connectivity index (χ1v) is 12.3. The molecule has 5 rings (SSSR count). The fourth-order valence-electron chi connectivity index (χ4n) is 4.07. The molecule has 4 heterocycles. The van der Waals surface area contributed by atoms with Crippen molar-refractivity contribution in [2.45, 2.75) is 25.3 Å². The second kappa shape index (κ2) is 9.73. The Labute approximate surface area is 220 Å². The molecule has 15 heteroatoms. The predicted molar refractivity (Wildman–Crippen MR) is 128 cm³/mol. The van der Waals surface area contributed by atoms with Crippen molar-refractivity contribution in [2.24, 2.45) is 4.99 Å². The number of anilines is 2. The summed E-state index contributed by atoms with van der Waals surface area (Å²) in [6.45, 7) is 0.440. The Kier molecular flexibility index (Phi) is 6.71. The highest BCUT2D eigenvalue weighted by Gasteiger charge is 2.43. The van der Waals surface area contributed by atoms with Crippen molar-refractivity contribution in [1.29, 1.82) is 0 Å². The predicted octanol–water partition coefficient (Wildman–Crippen LogP) is 5.84. The van der Waals surface area contributed by atoms with E-state index in [4.69, 9.17) is 16.3 Å². The van der Waals surface area contributed by atoms with Gasteiger partial charge in [0.25, 0.3) is 0 Å². The van der Waals surface area contributed by atoms with Gasteiger partial charge in [0, 0.05) is 30.2 Å². The van der Waals surface area contributed by atoms with Gasteiger partial charge >= 0.3 is 18.3 Å². The molecule has 1 amide bonds. The molecule has 0 fully saturated rings. The number of ether oxygens (including phenoxy) is 1. The molecular formula is C23H16ClF6N5O2S. The second-order valence-corrected chi connectivity index (χ2v) is 9.71. The second-order valence-electron chi connectivity index (χ2n) is 8.39. The number of benzene rings is 1. The fourth-order valence-corrected chi connectivity index (χ4v) is 5.19. The van der Waals surface area contributed by atoms with Gasteiger partial charge in [-0.15, -0.1) is 11.3 Å². The van der Waals surface area contributed by atoms with E-state index in [2.05, 4.69) is 20.3 Å². The molecular weight excluding hydrogens is 560 g/mol. The van der Waals surface area contributed by atoms with E-state index in [0.717, 1.165) is 11.3 Å². The number of carbonyl (C=O) groups is 1. The van der Waals surface area contributed by atoms with Crippen LogP contribution in [0.2, 0.25) is 5.02 Å². The van der Waals surface area contributed by atoms with Crippen LogP contribution in [0.1, 0.15) is 22.3 Å². The fraction of sp³-hybridized carbons (Fsp3) is 0.304. The van der Waals surface area contributed by atoms with Crippen molar-refractivity contribution in [3.63, 3.8) is 0 Å². The topological polar surface area (TPSA) is 79.7 Å². The number of nitrogens with zero attached hydrogens (tertiary/aromatic N) is 4. The van der Waals surface area contributed by atoms with E-state index in [1.54, 1.807) is 11.4 Å². The SMILES string of the molecule is O=C(N1CCc2cc(Nc3ncc(C(F)(F)F)c(-c4cc(C5=NCCO5)cs4)n3)c(Cl)cc2C1)C(F)(F)F. The Balaban J connectivity index is 1.43. The van der Waals surface area contributed by atoms with Gasteiger partial charge < -0.3 is 15.0 Å². The number of aromatic nitrogens is 2. The van der Waals surface area contributed by atoms with Crippen LogP contribution < -0.4 is 5.32 Å². The first-order chi connectivity index (χ1) is 17.9. The molecule has 200 valence electrons. The van der Waals surface area contributed by atoms with E-state index >= 15 is 0 Å². The van der Waals surface area contributed by atoms with Gasteiger partial charge in [-0.2, -0.15) is 26.3 Å². The third kappa shape index (κ3) is 5.27. The van der Waals surface area contributed by atoms with Gasteiger partial charge in [-0.05, 0) is 35.7 Å². The summed E-state index contributed by atoms with van der Waals surface area (Å²) < 4.78 is 85.1. The van der Waals surface area contributed by atoms with Crippen LogP contribution in [-0.4, -0.2) is 52.5 Å². The number of thiophene rings is 1. The summed E-state index contributed by atoms with van der Waals surface area (Å²) in [5, 5.41) is 4.51. The maximum absolute atomic E-state index is 13.8. The van der Waals surface area contributed by atoms with Crippen LogP contribution in [0.25, 0.3) is 10.6 Å². The van der Waals surface area contributed by atoms with Crippen molar-refractivity contribution in [1.82, 2.24) is 14.9 Å². The zero-order valence-electron chi connectivity index (χ0n) is 19.1. The van der Waals surface area contributed by atoms with E-state index in [-0.39, 0.29) is 46.7 Å². The van der Waals surface area contributed by atoms with E-state index in [9.17, 15) is 31.1 Å². The maximum Gasteiger partial charge on any atom is 0.471 e. The number of rotatable bonds is 4. The van der Waals surface area contributed by atoms with Crippen molar-refractivity contribution in [2.75, 3.05) is 25.0 Å². The number of amides is 1. The lowest BCUT2D eigenvalue weighted by atomic mass is 9.99. The number of hydrogen-bond donors (Lipinski definition) is 1. The molecule has 0 saturated carbocycles. The van der Waals surface area contributed by atoms with Crippen molar-refractivity contribution < 1.29 is 35.9 Å². The summed E-state index contributed by atoms with van der Waals surface area (Å²) in [6, 6.07) is 4.48. The maximum atomic E-state index is 13.8. The van der Waals surface area contributed by atoms with Gasteiger partial charge in [-0.3, -0.25) is 4.79 Å². The van der Waals surface area contributed by atoms with Gasteiger partial charge in [0.05, 0.1) is 27.8 Å². The number of alkyl halides is 6. The van der Waals surface area contributed by atoms with Crippen molar-refractivity contribution >= 4 is 46.4 Å². The highest BCUT2D eigenvalue weighted by atomic mass is 35.5. The number of nitrogens with one attached hydrogen (secondary N) is 1. The lowest BCUT2D eigenvalue weighted by molar-refractivity contribution is -0.186. The average molecular weight is 576 g/mol. The molecule has 0 aliphatic carbocycles. The Morgan fingerprint density at radius 2 is 1.92 bits per heavy atom. The van der Waals surface area contributed by atoms with Crippen LogP contribution in [0.5, 0.6) is 0 Å². The molecule has 0 atom stereocenters. The van der Waals surface area contributed by atoms with Gasteiger partial charge in [-0.25, -0.2) is 15.0 Å². The quantitative estimate of drug-likeness (QED) is 0.395. The van der Waals surface area contributed by atoms with Crippen LogP contribution in [0.4, 0.5) is 38.0 Å². The van der Waals surface area contributed by atoms with Crippen LogP contribution in [0, 0.1) is 0 Å². The summed E-state index contributed by atoms with van der Waals surface area (Å²) in [6.07, 6.45) is -8.91. The lowest BCUT2D eigenvalue weighted by Crippen LogP contribution is -2.43. The number of halogens is 7. The Morgan fingerprint density at radius 3 is 2.61 bits per heavy atom. The molecule has 0 bridgehead atoms. The third-order valence-electron chi connectivity index (χ3n) is 5.84. The highest BCUT2D eigenvalue weighted by Crippen LogP contribution is 2.39. The average Bonchev–Trinajstić information content (AvgIpc) is 3.55. The minimum atomic E-state index is -4.98. The summed E-state index contributed by atoms with van der Waals surface area (Å²) in [4.78, 5) is 24.6. The summed E-state index contributed by atoms with van der Waals surface area (Å²) in [5.74, 6) is -1.75. The molecule has 1 N–H and O–H groups in total. The van der Waals surface area contributed by atoms with Crippen LogP contribution in [-0.2, 0) is 28.7 Å². The first kappa shape index (κ1) is 26.2. The molecule has 3 aromatic rings. The van der Waals surface area contributed by atoms with E-state index in [1.165, 1.54) is 12.1 Å². The van der Waals surface area contributed by atoms with Crippen molar-refractivity contribution in [3.05, 3.63) is 57.1 Å². The minimum Gasteiger partial charge on any atom is -0.475 e. The smallest absolute Gasteiger partial charge is 0.471 e. The Bertz CT molecular complexity index is 1440. The Hall–Kier alpha value is -3.39. The molecule has 38 heavy (non-hydrogen) atoms. The normalized spacial score (nSPS) is 15.7. The molecule has 0 unspecified atom stereocenters. The summed E-state index contributed by atoms with van der Waals surface area (Å²) in [7, 11) is 0. The molecule has 1 aromatic carbocycles. The van der Waals surface area contributed by atoms with E-state index in [1.807, 2.05) is 0 Å². The molecule has 7 nitrogen and oxygen atoms in total. The third-order valence-corrected chi connectivity index (χ3v) is 7.09. The van der Waals surface area contributed by atoms with E-state index in [0.29, 0.717) is 46.8 Å². The van der Waals surface area contributed by atoms with Crippen LogP contribution in [0.15, 0.2) is 34.8 Å². The molecule has 0 spiro atoms. The molecule has 2 aliphatic heterocycles. The molecule has 2 aromatic heterocycles. The number of aliphatic imine (C=N–C) groups is 1. The van der Waals surface area contributed by atoms with Crippen molar-refractivity contribution in [3.8, 4) is 10.6 Å². The van der Waals surface area contributed by atoms with Crippen LogP contribution >= 0.6 is 22.9 Å². The first-order valence-electron chi connectivity index (χ1n) is 11.1. The monoisotopic (exact) mass is 575 g/mol. The van der Waals surface area contributed by atoms with Gasteiger partial charge in [-0.1, -0.05) is 11.6 Å². The zero-order valence-corrected chi connectivity index (χ0v) is 20.7. The van der Waals surface area contributed by atoms with Gasteiger partial charge in [0.15, 0.2) is 0 Å².